The maximum absolute atomic E-state index is 13.1. The third kappa shape index (κ3) is 1.71. The lowest BCUT2D eigenvalue weighted by Gasteiger charge is -2.03. The van der Waals surface area contributed by atoms with E-state index in [1.165, 1.54) is 6.92 Å². The zero-order chi connectivity index (χ0) is 10.9. The van der Waals surface area contributed by atoms with Crippen LogP contribution in [0, 0.1) is 12.7 Å². The number of hydrogen-bond donors (Lipinski definition) is 2. The Balaban J connectivity index is 3.52. The Kier molecular flexibility index (Phi) is 2.51. The second kappa shape index (κ2) is 3.45. The van der Waals surface area contributed by atoms with E-state index in [1.54, 1.807) is 0 Å². The molecule has 0 heterocycles. The van der Waals surface area contributed by atoms with Gasteiger partial charge in [-0.05, 0) is 24.6 Å². The van der Waals surface area contributed by atoms with Gasteiger partial charge in [0, 0.05) is 0 Å². The van der Waals surface area contributed by atoms with Crippen LogP contribution in [0.5, 0.6) is 0 Å². The average molecular weight is 198 g/mol. The molecule has 0 saturated heterocycles. The van der Waals surface area contributed by atoms with E-state index in [1.807, 2.05) is 0 Å². The first-order valence-electron chi connectivity index (χ1n) is 3.70. The summed E-state index contributed by atoms with van der Waals surface area (Å²) in [6.45, 7) is 1.49. The van der Waals surface area contributed by atoms with Gasteiger partial charge in [-0.3, -0.25) is 0 Å². The third-order valence-corrected chi connectivity index (χ3v) is 1.68. The van der Waals surface area contributed by atoms with Crippen molar-refractivity contribution in [2.45, 2.75) is 6.92 Å². The van der Waals surface area contributed by atoms with E-state index in [-0.39, 0.29) is 0 Å². The molecule has 1 rings (SSSR count). The molecule has 2 N–H and O–H groups in total. The molecule has 4 nitrogen and oxygen atoms in total. The van der Waals surface area contributed by atoms with Crippen molar-refractivity contribution in [2.24, 2.45) is 0 Å². The molecule has 0 amide bonds. The van der Waals surface area contributed by atoms with E-state index < -0.39 is 28.9 Å². The predicted octanol–water partition coefficient (Wildman–Crippen LogP) is 1.53. The van der Waals surface area contributed by atoms with Gasteiger partial charge in [0.15, 0.2) is 0 Å². The lowest BCUT2D eigenvalue weighted by Crippen LogP contribution is -2.11. The van der Waals surface area contributed by atoms with E-state index in [2.05, 4.69) is 0 Å². The summed E-state index contributed by atoms with van der Waals surface area (Å²) in [5.74, 6) is -4.07. The van der Waals surface area contributed by atoms with Gasteiger partial charge in [0.1, 0.15) is 11.4 Å². The molecule has 5 heteroatoms. The van der Waals surface area contributed by atoms with Crippen LogP contribution in [-0.2, 0) is 0 Å². The highest BCUT2D eigenvalue weighted by atomic mass is 19.1. The standard InChI is InChI=1S/C9H7FO4/c1-4-2-5(8(11)12)7(9(13)14)6(10)3-4/h2-3H,1H3,(H,11,12)(H,13,14). The van der Waals surface area contributed by atoms with Gasteiger partial charge in [0.2, 0.25) is 0 Å². The number of aromatic carboxylic acids is 2. The first kappa shape index (κ1) is 10.2. The van der Waals surface area contributed by atoms with Crippen LogP contribution >= 0.6 is 0 Å². The van der Waals surface area contributed by atoms with Gasteiger partial charge in [-0.25, -0.2) is 14.0 Å². The SMILES string of the molecule is Cc1cc(F)c(C(=O)O)c(C(=O)O)c1. The number of hydrogen-bond acceptors (Lipinski definition) is 2. The summed E-state index contributed by atoms with van der Waals surface area (Å²) in [5, 5.41) is 17.2. The molecule has 0 aliphatic rings. The molecule has 1 aromatic carbocycles. The molecule has 0 spiro atoms. The summed E-state index contributed by atoms with van der Waals surface area (Å²) in [6, 6.07) is 2.10. The Bertz CT molecular complexity index is 412. The normalized spacial score (nSPS) is 9.86. The fourth-order valence-electron chi connectivity index (χ4n) is 1.13. The van der Waals surface area contributed by atoms with Crippen LogP contribution in [0.2, 0.25) is 0 Å². The number of halogens is 1. The smallest absolute Gasteiger partial charge is 0.339 e. The van der Waals surface area contributed by atoms with Crippen LogP contribution < -0.4 is 0 Å². The summed E-state index contributed by atoms with van der Waals surface area (Å²) in [7, 11) is 0. The summed E-state index contributed by atoms with van der Waals surface area (Å²) in [6.07, 6.45) is 0. The van der Waals surface area contributed by atoms with E-state index in [0.717, 1.165) is 12.1 Å². The minimum absolute atomic E-state index is 0.366. The van der Waals surface area contributed by atoms with Crippen LogP contribution in [0.3, 0.4) is 0 Å². The molecular weight excluding hydrogens is 191 g/mol. The molecule has 0 fully saturated rings. The van der Waals surface area contributed by atoms with Crippen molar-refractivity contribution in [2.75, 3.05) is 0 Å². The number of aryl methyl sites for hydroxylation is 1. The highest BCUT2D eigenvalue weighted by Crippen LogP contribution is 2.16. The molecular formula is C9H7FO4. The van der Waals surface area contributed by atoms with Gasteiger partial charge in [0.05, 0.1) is 5.56 Å². The molecule has 74 valence electrons. The summed E-state index contributed by atoms with van der Waals surface area (Å²) in [5.41, 5.74) is -0.969. The van der Waals surface area contributed by atoms with Gasteiger partial charge >= 0.3 is 11.9 Å². The molecule has 0 radical (unpaired) electrons. The van der Waals surface area contributed by atoms with E-state index in [0.29, 0.717) is 5.56 Å². The maximum atomic E-state index is 13.1. The van der Waals surface area contributed by atoms with E-state index >= 15 is 0 Å². The Morgan fingerprint density at radius 1 is 1.21 bits per heavy atom. The third-order valence-electron chi connectivity index (χ3n) is 1.68. The minimum Gasteiger partial charge on any atom is -0.478 e. The van der Waals surface area contributed by atoms with Crippen molar-refractivity contribution >= 4 is 11.9 Å². The number of rotatable bonds is 2. The van der Waals surface area contributed by atoms with Crippen LogP contribution in [0.1, 0.15) is 26.3 Å². The lowest BCUT2D eigenvalue weighted by atomic mass is 10.0. The summed E-state index contributed by atoms with van der Waals surface area (Å²) in [4.78, 5) is 21.2. The topological polar surface area (TPSA) is 74.6 Å². The van der Waals surface area contributed by atoms with Crippen molar-refractivity contribution in [3.05, 3.63) is 34.6 Å². The van der Waals surface area contributed by atoms with Crippen LogP contribution in [0.25, 0.3) is 0 Å². The fraction of sp³-hybridized carbons (Fsp3) is 0.111. The molecule has 0 bridgehead atoms. The van der Waals surface area contributed by atoms with Crippen molar-refractivity contribution in [1.29, 1.82) is 0 Å². The second-order valence-corrected chi connectivity index (χ2v) is 2.78. The fourth-order valence-corrected chi connectivity index (χ4v) is 1.13. The molecule has 0 aliphatic heterocycles. The molecule has 0 aromatic heterocycles. The largest absolute Gasteiger partial charge is 0.478 e. The molecule has 0 atom stereocenters. The monoisotopic (exact) mass is 198 g/mol. The molecule has 0 unspecified atom stereocenters. The van der Waals surface area contributed by atoms with Gasteiger partial charge in [-0.15, -0.1) is 0 Å². The molecule has 0 saturated carbocycles. The van der Waals surface area contributed by atoms with Crippen molar-refractivity contribution in [1.82, 2.24) is 0 Å². The quantitative estimate of drug-likeness (QED) is 0.755. The van der Waals surface area contributed by atoms with Crippen LogP contribution in [0.15, 0.2) is 12.1 Å². The van der Waals surface area contributed by atoms with Crippen molar-refractivity contribution in [3.63, 3.8) is 0 Å². The number of carbonyl (C=O) groups is 2. The number of benzene rings is 1. The van der Waals surface area contributed by atoms with Crippen LogP contribution in [-0.4, -0.2) is 22.2 Å². The van der Waals surface area contributed by atoms with Crippen molar-refractivity contribution < 1.29 is 24.2 Å². The van der Waals surface area contributed by atoms with Gasteiger partial charge in [-0.1, -0.05) is 0 Å². The van der Waals surface area contributed by atoms with Gasteiger partial charge < -0.3 is 10.2 Å². The molecule has 0 aliphatic carbocycles. The van der Waals surface area contributed by atoms with E-state index in [9.17, 15) is 14.0 Å². The minimum atomic E-state index is -1.58. The first-order chi connectivity index (χ1) is 6.43. The zero-order valence-corrected chi connectivity index (χ0v) is 7.24. The highest BCUT2D eigenvalue weighted by Gasteiger charge is 2.20. The molecule has 14 heavy (non-hydrogen) atoms. The molecule has 1 aromatic rings. The maximum Gasteiger partial charge on any atom is 0.339 e. The Morgan fingerprint density at radius 2 is 1.79 bits per heavy atom. The lowest BCUT2D eigenvalue weighted by molar-refractivity contribution is 0.0647. The van der Waals surface area contributed by atoms with Crippen molar-refractivity contribution in [3.8, 4) is 0 Å². The average Bonchev–Trinajstić information content (AvgIpc) is 2.01. The zero-order valence-electron chi connectivity index (χ0n) is 7.24. The Labute approximate surface area is 78.6 Å². The van der Waals surface area contributed by atoms with Crippen LogP contribution in [0.4, 0.5) is 4.39 Å². The summed E-state index contributed by atoms with van der Waals surface area (Å²) >= 11 is 0. The highest BCUT2D eigenvalue weighted by molar-refractivity contribution is 6.02. The first-order valence-corrected chi connectivity index (χ1v) is 3.70. The van der Waals surface area contributed by atoms with Gasteiger partial charge in [0.25, 0.3) is 0 Å². The number of carboxylic acid groups (broad SMARTS) is 2. The second-order valence-electron chi connectivity index (χ2n) is 2.78. The van der Waals surface area contributed by atoms with Gasteiger partial charge in [-0.2, -0.15) is 0 Å². The Hall–Kier alpha value is -1.91. The Morgan fingerprint density at radius 3 is 2.21 bits per heavy atom. The summed E-state index contributed by atoms with van der Waals surface area (Å²) < 4.78 is 13.1. The number of carboxylic acids is 2. The van der Waals surface area contributed by atoms with E-state index in [4.69, 9.17) is 10.2 Å². The predicted molar refractivity (Wildman–Crippen MR) is 45.1 cm³/mol.